The zero-order valence-electron chi connectivity index (χ0n) is 14.4. The molecule has 2 aromatic carbocycles. The lowest BCUT2D eigenvalue weighted by Crippen LogP contribution is -2.10. The van der Waals surface area contributed by atoms with Crippen LogP contribution in [-0.2, 0) is 5.41 Å². The Balaban J connectivity index is 2.23. The molecule has 4 aromatic rings. The Hall–Kier alpha value is -2.35. The summed E-state index contributed by atoms with van der Waals surface area (Å²) in [5.74, 6) is 0. The third-order valence-corrected chi connectivity index (χ3v) is 4.97. The fourth-order valence-electron chi connectivity index (χ4n) is 3.43. The zero-order valence-corrected chi connectivity index (χ0v) is 14.4. The van der Waals surface area contributed by atoms with Gasteiger partial charge in [-0.25, -0.2) is 4.98 Å². The maximum absolute atomic E-state index is 4.93. The van der Waals surface area contributed by atoms with Gasteiger partial charge in [-0.2, -0.15) is 0 Å². The standard InChI is InChI=1S/C21H22N2/c1-13-14(2)23-19-12-15(21(3,4)5)10-11-18(19)22-20(23)17-9-7-6-8-16(13)17/h6-12H,1-5H3. The van der Waals surface area contributed by atoms with Gasteiger partial charge in [-0.05, 0) is 47.9 Å². The van der Waals surface area contributed by atoms with E-state index < -0.39 is 0 Å². The van der Waals surface area contributed by atoms with Crippen molar-refractivity contribution >= 4 is 27.5 Å². The van der Waals surface area contributed by atoms with Gasteiger partial charge in [-0.15, -0.1) is 0 Å². The summed E-state index contributed by atoms with van der Waals surface area (Å²) in [6.07, 6.45) is 0. The molecule has 0 radical (unpaired) electrons. The SMILES string of the molecule is Cc1c(C)n2c3cc(C(C)(C)C)ccc3nc2c2ccccc12. The average molecular weight is 302 g/mol. The van der Waals surface area contributed by atoms with E-state index in [1.54, 1.807) is 0 Å². The second-order valence-electron chi connectivity index (χ2n) is 7.48. The first-order valence-electron chi connectivity index (χ1n) is 8.18. The molecule has 0 bridgehead atoms. The molecule has 116 valence electrons. The van der Waals surface area contributed by atoms with Crippen LogP contribution in [0, 0.1) is 13.8 Å². The van der Waals surface area contributed by atoms with Crippen molar-refractivity contribution in [1.82, 2.24) is 9.38 Å². The van der Waals surface area contributed by atoms with Gasteiger partial charge in [0.2, 0.25) is 0 Å². The summed E-state index contributed by atoms with van der Waals surface area (Å²) in [6.45, 7) is 11.2. The molecule has 4 rings (SSSR count). The van der Waals surface area contributed by atoms with Crippen LogP contribution in [0.5, 0.6) is 0 Å². The molecular weight excluding hydrogens is 280 g/mol. The number of pyridine rings is 1. The molecule has 0 amide bonds. The van der Waals surface area contributed by atoms with Crippen LogP contribution in [0.4, 0.5) is 0 Å². The van der Waals surface area contributed by atoms with Gasteiger partial charge in [0, 0.05) is 11.1 Å². The Bertz CT molecular complexity index is 1060. The predicted octanol–water partition coefficient (Wildman–Crippen LogP) is 5.56. The van der Waals surface area contributed by atoms with Gasteiger partial charge in [0.1, 0.15) is 5.65 Å². The quantitative estimate of drug-likeness (QED) is 0.416. The Kier molecular flexibility index (Phi) is 2.84. The highest BCUT2D eigenvalue weighted by molar-refractivity contribution is 6.00. The van der Waals surface area contributed by atoms with Crippen LogP contribution >= 0.6 is 0 Å². The van der Waals surface area contributed by atoms with Gasteiger partial charge in [0.05, 0.1) is 11.0 Å². The summed E-state index contributed by atoms with van der Waals surface area (Å²) in [5.41, 5.74) is 7.41. The largest absolute Gasteiger partial charge is 0.296 e. The van der Waals surface area contributed by atoms with Crippen molar-refractivity contribution in [1.29, 1.82) is 0 Å². The molecule has 0 aliphatic heterocycles. The highest BCUT2D eigenvalue weighted by Gasteiger charge is 2.17. The van der Waals surface area contributed by atoms with Crippen LogP contribution < -0.4 is 0 Å². The first-order chi connectivity index (χ1) is 10.9. The van der Waals surface area contributed by atoms with E-state index in [1.807, 2.05) is 0 Å². The first kappa shape index (κ1) is 14.3. The molecule has 0 spiro atoms. The van der Waals surface area contributed by atoms with E-state index in [4.69, 9.17) is 4.98 Å². The lowest BCUT2D eigenvalue weighted by molar-refractivity contribution is 0.591. The number of rotatable bonds is 0. The molecule has 23 heavy (non-hydrogen) atoms. The Morgan fingerprint density at radius 3 is 2.30 bits per heavy atom. The smallest absolute Gasteiger partial charge is 0.146 e. The van der Waals surface area contributed by atoms with Crippen LogP contribution in [0.1, 0.15) is 37.6 Å². The van der Waals surface area contributed by atoms with Crippen molar-refractivity contribution in [3.8, 4) is 0 Å². The number of aromatic nitrogens is 2. The van der Waals surface area contributed by atoms with Crippen molar-refractivity contribution in [2.24, 2.45) is 0 Å². The van der Waals surface area contributed by atoms with Crippen LogP contribution in [0.2, 0.25) is 0 Å². The van der Waals surface area contributed by atoms with E-state index in [9.17, 15) is 0 Å². The summed E-state index contributed by atoms with van der Waals surface area (Å²) in [6, 6.07) is 15.2. The van der Waals surface area contributed by atoms with E-state index >= 15 is 0 Å². The molecular formula is C21H22N2. The number of aryl methyl sites for hydroxylation is 2. The minimum atomic E-state index is 0.137. The van der Waals surface area contributed by atoms with Gasteiger partial charge >= 0.3 is 0 Å². The highest BCUT2D eigenvalue weighted by Crippen LogP contribution is 2.31. The molecule has 0 atom stereocenters. The predicted molar refractivity (Wildman–Crippen MR) is 98.4 cm³/mol. The molecule has 0 saturated heterocycles. The maximum Gasteiger partial charge on any atom is 0.146 e. The normalized spacial score (nSPS) is 12.6. The second-order valence-corrected chi connectivity index (χ2v) is 7.48. The number of benzene rings is 2. The fraction of sp³-hybridized carbons (Fsp3) is 0.286. The van der Waals surface area contributed by atoms with E-state index in [-0.39, 0.29) is 5.41 Å². The van der Waals surface area contributed by atoms with Crippen LogP contribution in [0.3, 0.4) is 0 Å². The van der Waals surface area contributed by atoms with E-state index in [0.29, 0.717) is 0 Å². The molecule has 2 aromatic heterocycles. The lowest BCUT2D eigenvalue weighted by atomic mass is 9.87. The van der Waals surface area contributed by atoms with Crippen molar-refractivity contribution in [2.75, 3.05) is 0 Å². The van der Waals surface area contributed by atoms with Crippen molar-refractivity contribution in [2.45, 2.75) is 40.0 Å². The molecule has 0 aliphatic carbocycles. The summed E-state index contributed by atoms with van der Waals surface area (Å²) < 4.78 is 2.32. The fourth-order valence-corrected chi connectivity index (χ4v) is 3.43. The third kappa shape index (κ3) is 1.98. The van der Waals surface area contributed by atoms with E-state index in [2.05, 4.69) is 81.5 Å². The van der Waals surface area contributed by atoms with Gasteiger partial charge < -0.3 is 0 Å². The molecule has 0 saturated carbocycles. The molecule has 2 heterocycles. The summed E-state index contributed by atoms with van der Waals surface area (Å²) in [5, 5.41) is 2.52. The summed E-state index contributed by atoms with van der Waals surface area (Å²) >= 11 is 0. The molecule has 2 heteroatoms. The number of nitrogens with zero attached hydrogens (tertiary/aromatic N) is 2. The number of hydrogen-bond acceptors (Lipinski definition) is 1. The van der Waals surface area contributed by atoms with Crippen LogP contribution in [-0.4, -0.2) is 9.38 Å². The average Bonchev–Trinajstić information content (AvgIpc) is 2.90. The molecule has 2 nitrogen and oxygen atoms in total. The van der Waals surface area contributed by atoms with Gasteiger partial charge in [0.25, 0.3) is 0 Å². The first-order valence-corrected chi connectivity index (χ1v) is 8.18. The Labute approximate surface area is 136 Å². The monoisotopic (exact) mass is 302 g/mol. The molecule has 0 N–H and O–H groups in total. The van der Waals surface area contributed by atoms with E-state index in [1.165, 1.54) is 33.1 Å². The minimum Gasteiger partial charge on any atom is -0.296 e. The lowest BCUT2D eigenvalue weighted by Gasteiger charge is -2.19. The van der Waals surface area contributed by atoms with Gasteiger partial charge in [0.15, 0.2) is 0 Å². The van der Waals surface area contributed by atoms with E-state index in [0.717, 1.165) is 11.2 Å². The third-order valence-electron chi connectivity index (χ3n) is 4.97. The molecule has 0 aliphatic rings. The maximum atomic E-state index is 4.93. The molecule has 0 unspecified atom stereocenters. The number of hydrogen-bond donors (Lipinski definition) is 0. The van der Waals surface area contributed by atoms with Crippen LogP contribution in [0.25, 0.3) is 27.5 Å². The molecule has 0 fully saturated rings. The summed E-state index contributed by atoms with van der Waals surface area (Å²) in [7, 11) is 0. The van der Waals surface area contributed by atoms with Crippen molar-refractivity contribution in [3.05, 3.63) is 59.3 Å². The summed E-state index contributed by atoms with van der Waals surface area (Å²) in [4.78, 5) is 4.93. The second kappa shape index (κ2) is 4.58. The van der Waals surface area contributed by atoms with Crippen molar-refractivity contribution in [3.63, 3.8) is 0 Å². The van der Waals surface area contributed by atoms with Gasteiger partial charge in [-0.1, -0.05) is 51.1 Å². The Morgan fingerprint density at radius 1 is 0.913 bits per heavy atom. The topological polar surface area (TPSA) is 17.3 Å². The van der Waals surface area contributed by atoms with Crippen LogP contribution in [0.15, 0.2) is 42.5 Å². The zero-order chi connectivity index (χ0) is 16.4. The Morgan fingerprint density at radius 2 is 1.61 bits per heavy atom. The number of fused-ring (bicyclic) bond motifs is 5. The van der Waals surface area contributed by atoms with Crippen molar-refractivity contribution < 1.29 is 0 Å². The minimum absolute atomic E-state index is 0.137. The van der Waals surface area contributed by atoms with Gasteiger partial charge in [-0.3, -0.25) is 4.40 Å². The highest BCUT2D eigenvalue weighted by atomic mass is 15.0. The number of imidazole rings is 1.